The Labute approximate surface area is 180 Å². The number of hydrogen-bond acceptors (Lipinski definition) is 4. The largest absolute Gasteiger partial charge is 0.495 e. The smallest absolute Gasteiger partial charge is 0.255 e. The Kier molecular flexibility index (Phi) is 7.14. The first-order chi connectivity index (χ1) is 14.5. The molecule has 3 aromatic rings. The number of para-hydroxylation sites is 2. The summed E-state index contributed by atoms with van der Waals surface area (Å²) < 4.78 is 5.25. The third-order valence-corrected chi connectivity index (χ3v) is 5.63. The Hall–Kier alpha value is -3.25. The van der Waals surface area contributed by atoms with Gasteiger partial charge in [0.05, 0.1) is 18.6 Å². The predicted octanol–water partition coefficient (Wildman–Crippen LogP) is 5.30. The normalized spacial score (nSPS) is 10.4. The quantitative estimate of drug-likeness (QED) is 0.509. The molecule has 30 heavy (non-hydrogen) atoms. The number of hydrogen-bond donors (Lipinski definition) is 2. The maximum Gasteiger partial charge on any atom is 0.255 e. The average molecular weight is 421 g/mol. The molecule has 2 amide bonds. The minimum absolute atomic E-state index is 0.0931. The van der Waals surface area contributed by atoms with Gasteiger partial charge in [0.25, 0.3) is 5.91 Å². The summed E-state index contributed by atoms with van der Waals surface area (Å²) in [4.78, 5) is 25.8. The highest BCUT2D eigenvalue weighted by Gasteiger charge is 2.10. The Bertz CT molecular complexity index is 1050. The summed E-state index contributed by atoms with van der Waals surface area (Å²) in [6, 6.07) is 20.2. The summed E-state index contributed by atoms with van der Waals surface area (Å²) in [5, 5.41) is 5.69. The van der Waals surface area contributed by atoms with Gasteiger partial charge < -0.3 is 15.4 Å². The van der Waals surface area contributed by atoms with Crippen LogP contribution in [-0.2, 0) is 4.79 Å². The number of benzene rings is 3. The van der Waals surface area contributed by atoms with Gasteiger partial charge in [-0.1, -0.05) is 18.2 Å². The van der Waals surface area contributed by atoms with Crippen molar-refractivity contribution in [3.8, 4) is 5.75 Å². The first-order valence-electron chi connectivity index (χ1n) is 9.50. The van der Waals surface area contributed by atoms with Crippen molar-refractivity contribution in [2.75, 3.05) is 23.5 Å². The molecule has 0 radical (unpaired) electrons. The molecule has 0 saturated heterocycles. The van der Waals surface area contributed by atoms with Crippen LogP contribution in [0, 0.1) is 13.8 Å². The topological polar surface area (TPSA) is 67.4 Å². The standard InChI is InChI=1S/C24H24N2O3S/c1-16-8-13-20(14-17(16)2)30-15-23(27)25-19-11-9-18(10-12-19)24(28)26-21-6-4-5-7-22(21)29-3/h4-14H,15H2,1-3H3,(H,25,27)(H,26,28). The van der Waals surface area contributed by atoms with E-state index in [-0.39, 0.29) is 11.8 Å². The molecular weight excluding hydrogens is 396 g/mol. The third-order valence-electron chi connectivity index (χ3n) is 4.63. The average Bonchev–Trinajstić information content (AvgIpc) is 2.75. The number of nitrogens with one attached hydrogen (secondary N) is 2. The van der Waals surface area contributed by atoms with Gasteiger partial charge in [-0.15, -0.1) is 11.8 Å². The second-order valence-corrected chi connectivity index (χ2v) is 7.86. The van der Waals surface area contributed by atoms with E-state index in [4.69, 9.17) is 4.74 Å². The van der Waals surface area contributed by atoms with Crippen molar-refractivity contribution in [3.63, 3.8) is 0 Å². The molecule has 154 valence electrons. The van der Waals surface area contributed by atoms with Crippen LogP contribution in [0.25, 0.3) is 0 Å². The summed E-state index contributed by atoms with van der Waals surface area (Å²) >= 11 is 1.50. The summed E-state index contributed by atoms with van der Waals surface area (Å²) in [6.07, 6.45) is 0. The predicted molar refractivity (Wildman–Crippen MR) is 123 cm³/mol. The van der Waals surface area contributed by atoms with Crippen LogP contribution in [0.2, 0.25) is 0 Å². The first kappa shape index (κ1) is 21.5. The molecule has 0 heterocycles. The van der Waals surface area contributed by atoms with E-state index >= 15 is 0 Å². The van der Waals surface area contributed by atoms with Crippen LogP contribution in [0.5, 0.6) is 5.75 Å². The van der Waals surface area contributed by atoms with E-state index in [9.17, 15) is 9.59 Å². The number of anilines is 2. The molecule has 5 nitrogen and oxygen atoms in total. The van der Waals surface area contributed by atoms with Crippen LogP contribution in [0.4, 0.5) is 11.4 Å². The zero-order valence-corrected chi connectivity index (χ0v) is 18.0. The maximum absolute atomic E-state index is 12.5. The Balaban J connectivity index is 1.55. The van der Waals surface area contributed by atoms with Crippen LogP contribution in [-0.4, -0.2) is 24.7 Å². The number of ether oxygens (including phenoxy) is 1. The zero-order valence-electron chi connectivity index (χ0n) is 17.2. The van der Waals surface area contributed by atoms with Gasteiger partial charge in [-0.3, -0.25) is 9.59 Å². The monoisotopic (exact) mass is 420 g/mol. The zero-order chi connectivity index (χ0) is 21.5. The number of thioether (sulfide) groups is 1. The molecule has 2 N–H and O–H groups in total. The van der Waals surface area contributed by atoms with Gasteiger partial charge in [0.15, 0.2) is 0 Å². The lowest BCUT2D eigenvalue weighted by Gasteiger charge is -2.10. The van der Waals surface area contributed by atoms with Crippen molar-refractivity contribution in [3.05, 3.63) is 83.4 Å². The fraction of sp³-hybridized carbons (Fsp3) is 0.167. The van der Waals surface area contributed by atoms with Gasteiger partial charge in [0, 0.05) is 16.1 Å². The molecule has 3 aromatic carbocycles. The summed E-state index contributed by atoms with van der Waals surface area (Å²) in [6.45, 7) is 4.13. The van der Waals surface area contributed by atoms with E-state index in [2.05, 4.69) is 36.6 Å². The van der Waals surface area contributed by atoms with Crippen LogP contribution in [0.1, 0.15) is 21.5 Å². The second-order valence-electron chi connectivity index (χ2n) is 6.81. The molecule has 0 aliphatic heterocycles. The number of rotatable bonds is 7. The van der Waals surface area contributed by atoms with Crippen LogP contribution in [0.15, 0.2) is 71.6 Å². The SMILES string of the molecule is COc1ccccc1NC(=O)c1ccc(NC(=O)CSc2ccc(C)c(C)c2)cc1. The van der Waals surface area contributed by atoms with E-state index < -0.39 is 0 Å². The Morgan fingerprint density at radius 2 is 1.63 bits per heavy atom. The lowest BCUT2D eigenvalue weighted by Crippen LogP contribution is -2.15. The number of carbonyl (C=O) groups excluding carboxylic acids is 2. The number of amides is 2. The minimum Gasteiger partial charge on any atom is -0.495 e. The van der Waals surface area contributed by atoms with Gasteiger partial charge in [0.1, 0.15) is 5.75 Å². The molecule has 0 unspecified atom stereocenters. The molecule has 0 spiro atoms. The molecular formula is C24H24N2O3S. The van der Waals surface area contributed by atoms with Crippen LogP contribution < -0.4 is 15.4 Å². The van der Waals surface area contributed by atoms with Crippen LogP contribution >= 0.6 is 11.8 Å². The molecule has 0 bridgehead atoms. The molecule has 0 saturated carbocycles. The molecule has 6 heteroatoms. The molecule has 0 atom stereocenters. The maximum atomic E-state index is 12.5. The summed E-state index contributed by atoms with van der Waals surface area (Å²) in [7, 11) is 1.56. The number of carbonyl (C=O) groups is 2. The Morgan fingerprint density at radius 3 is 2.33 bits per heavy atom. The van der Waals surface area contributed by atoms with Gasteiger partial charge in [-0.2, -0.15) is 0 Å². The molecule has 0 fully saturated rings. The highest BCUT2D eigenvalue weighted by Crippen LogP contribution is 2.24. The van der Waals surface area contributed by atoms with Gasteiger partial charge in [-0.25, -0.2) is 0 Å². The molecule has 0 aromatic heterocycles. The first-order valence-corrected chi connectivity index (χ1v) is 10.5. The minimum atomic E-state index is -0.248. The van der Waals surface area contributed by atoms with Crippen molar-refractivity contribution < 1.29 is 14.3 Å². The third kappa shape index (κ3) is 5.64. The van der Waals surface area contributed by atoms with Crippen molar-refractivity contribution in [2.45, 2.75) is 18.7 Å². The van der Waals surface area contributed by atoms with Crippen molar-refractivity contribution >= 4 is 35.0 Å². The van der Waals surface area contributed by atoms with Crippen molar-refractivity contribution in [2.24, 2.45) is 0 Å². The Morgan fingerprint density at radius 1 is 0.900 bits per heavy atom. The lowest BCUT2D eigenvalue weighted by atomic mass is 10.1. The summed E-state index contributed by atoms with van der Waals surface area (Å²) in [5.74, 6) is 0.571. The van der Waals surface area contributed by atoms with Crippen molar-refractivity contribution in [1.29, 1.82) is 0 Å². The van der Waals surface area contributed by atoms with Gasteiger partial charge in [0.2, 0.25) is 5.91 Å². The number of aryl methyl sites for hydroxylation is 2. The van der Waals surface area contributed by atoms with E-state index in [0.29, 0.717) is 28.4 Å². The van der Waals surface area contributed by atoms with E-state index in [0.717, 1.165) is 4.90 Å². The molecule has 0 aliphatic carbocycles. The summed E-state index contributed by atoms with van der Waals surface area (Å²) in [5.41, 5.74) is 4.18. The molecule has 0 aliphatic rings. The highest BCUT2D eigenvalue weighted by atomic mass is 32.2. The fourth-order valence-corrected chi connectivity index (χ4v) is 3.59. The highest BCUT2D eigenvalue weighted by molar-refractivity contribution is 8.00. The molecule has 3 rings (SSSR count). The van der Waals surface area contributed by atoms with Gasteiger partial charge >= 0.3 is 0 Å². The van der Waals surface area contributed by atoms with Crippen LogP contribution in [0.3, 0.4) is 0 Å². The lowest BCUT2D eigenvalue weighted by molar-refractivity contribution is -0.113. The van der Waals surface area contributed by atoms with E-state index in [1.165, 1.54) is 22.9 Å². The fourth-order valence-electron chi connectivity index (χ4n) is 2.80. The van der Waals surface area contributed by atoms with E-state index in [1.807, 2.05) is 18.2 Å². The number of methoxy groups -OCH3 is 1. The van der Waals surface area contributed by atoms with Gasteiger partial charge in [-0.05, 0) is 73.5 Å². The van der Waals surface area contributed by atoms with E-state index in [1.54, 1.807) is 43.5 Å². The second kappa shape index (κ2) is 9.98. The van der Waals surface area contributed by atoms with Crippen molar-refractivity contribution in [1.82, 2.24) is 0 Å².